The second-order valence-corrected chi connectivity index (χ2v) is 6.10. The molecule has 5 nitrogen and oxygen atoms in total. The lowest BCUT2D eigenvalue weighted by atomic mass is 10.1. The van der Waals surface area contributed by atoms with Crippen molar-refractivity contribution < 1.29 is 9.84 Å². The van der Waals surface area contributed by atoms with E-state index in [0.29, 0.717) is 5.69 Å². The molecule has 2 aromatic rings. The minimum Gasteiger partial charge on any atom is -0.490 e. The second-order valence-electron chi connectivity index (χ2n) is 6.10. The lowest BCUT2D eigenvalue weighted by Gasteiger charge is -2.33. The fourth-order valence-corrected chi connectivity index (χ4v) is 2.81. The predicted molar refractivity (Wildman–Crippen MR) is 89.7 cm³/mol. The van der Waals surface area contributed by atoms with Crippen LogP contribution in [0.2, 0.25) is 0 Å². The molecule has 0 aliphatic carbocycles. The molecule has 1 fully saturated rings. The zero-order chi connectivity index (χ0) is 16.2. The molecule has 122 valence electrons. The van der Waals surface area contributed by atoms with E-state index >= 15 is 0 Å². The number of hydrogen-bond acceptors (Lipinski definition) is 5. The summed E-state index contributed by atoms with van der Waals surface area (Å²) in [5.74, 6) is 1.86. The Bertz CT molecular complexity index is 650. The minimum absolute atomic E-state index is 0.0704. The first-order valence-corrected chi connectivity index (χ1v) is 8.06. The maximum atomic E-state index is 9.02. The number of nitrogens with zero attached hydrogens (tertiary/aromatic N) is 3. The summed E-state index contributed by atoms with van der Waals surface area (Å²) in [6.07, 6.45) is 5.55. The number of aryl methyl sites for hydroxylation is 2. The Labute approximate surface area is 137 Å². The maximum absolute atomic E-state index is 9.02. The van der Waals surface area contributed by atoms with Crippen molar-refractivity contribution in [3.8, 4) is 5.75 Å². The SMILES string of the molecule is Cc1ccc(C)c(OC2CCN(c3cnc(CO)cn3)CC2)c1. The maximum Gasteiger partial charge on any atom is 0.147 e. The number of aromatic nitrogens is 2. The van der Waals surface area contributed by atoms with Gasteiger partial charge in [-0.2, -0.15) is 0 Å². The third-order valence-corrected chi connectivity index (χ3v) is 4.26. The van der Waals surface area contributed by atoms with E-state index in [-0.39, 0.29) is 12.7 Å². The van der Waals surface area contributed by atoms with Crippen LogP contribution >= 0.6 is 0 Å². The number of ether oxygens (including phenoxy) is 1. The van der Waals surface area contributed by atoms with Crippen molar-refractivity contribution in [3.63, 3.8) is 0 Å². The normalized spacial score (nSPS) is 15.7. The lowest BCUT2D eigenvalue weighted by Crippen LogP contribution is -2.38. The van der Waals surface area contributed by atoms with Gasteiger partial charge in [0.05, 0.1) is 24.7 Å². The van der Waals surface area contributed by atoms with E-state index in [4.69, 9.17) is 9.84 Å². The van der Waals surface area contributed by atoms with Crippen LogP contribution in [0.3, 0.4) is 0 Å². The van der Waals surface area contributed by atoms with Gasteiger partial charge in [0.2, 0.25) is 0 Å². The quantitative estimate of drug-likeness (QED) is 0.940. The number of anilines is 1. The molecule has 1 aromatic heterocycles. The molecule has 1 saturated heterocycles. The molecule has 1 aromatic carbocycles. The fourth-order valence-electron chi connectivity index (χ4n) is 2.81. The van der Waals surface area contributed by atoms with E-state index in [1.165, 1.54) is 11.1 Å². The van der Waals surface area contributed by atoms with Crippen LogP contribution in [0.4, 0.5) is 5.82 Å². The number of piperidine rings is 1. The summed E-state index contributed by atoms with van der Waals surface area (Å²) in [7, 11) is 0. The molecular formula is C18H23N3O2. The fraction of sp³-hybridized carbons (Fsp3) is 0.444. The largest absolute Gasteiger partial charge is 0.490 e. The summed E-state index contributed by atoms with van der Waals surface area (Å²) in [4.78, 5) is 10.8. The molecule has 23 heavy (non-hydrogen) atoms. The van der Waals surface area contributed by atoms with Crippen LogP contribution in [0.25, 0.3) is 0 Å². The second kappa shape index (κ2) is 6.96. The van der Waals surface area contributed by atoms with Crippen molar-refractivity contribution in [2.24, 2.45) is 0 Å². The average Bonchev–Trinajstić information content (AvgIpc) is 2.59. The van der Waals surface area contributed by atoms with Gasteiger partial charge in [-0.05, 0) is 31.0 Å². The topological polar surface area (TPSA) is 58.5 Å². The highest BCUT2D eigenvalue weighted by atomic mass is 16.5. The van der Waals surface area contributed by atoms with Gasteiger partial charge in [-0.15, -0.1) is 0 Å². The molecule has 2 heterocycles. The van der Waals surface area contributed by atoms with E-state index in [1.807, 2.05) is 0 Å². The summed E-state index contributed by atoms with van der Waals surface area (Å²) in [5, 5.41) is 9.02. The Balaban J connectivity index is 1.58. The van der Waals surface area contributed by atoms with E-state index < -0.39 is 0 Å². The smallest absolute Gasteiger partial charge is 0.147 e. The van der Waals surface area contributed by atoms with E-state index in [0.717, 1.165) is 37.5 Å². The van der Waals surface area contributed by atoms with Gasteiger partial charge in [0.15, 0.2) is 0 Å². The molecule has 3 rings (SSSR count). The number of benzene rings is 1. The Morgan fingerprint density at radius 1 is 1.17 bits per heavy atom. The van der Waals surface area contributed by atoms with Crippen LogP contribution in [-0.2, 0) is 6.61 Å². The van der Waals surface area contributed by atoms with Crippen molar-refractivity contribution in [2.75, 3.05) is 18.0 Å². The Kier molecular flexibility index (Phi) is 4.76. The van der Waals surface area contributed by atoms with Gasteiger partial charge < -0.3 is 14.7 Å². The number of hydrogen-bond donors (Lipinski definition) is 1. The summed E-state index contributed by atoms with van der Waals surface area (Å²) in [6, 6.07) is 6.33. The van der Waals surface area contributed by atoms with Gasteiger partial charge in [0.1, 0.15) is 17.7 Å². The number of rotatable bonds is 4. The Morgan fingerprint density at radius 3 is 2.61 bits per heavy atom. The third-order valence-electron chi connectivity index (χ3n) is 4.26. The first-order chi connectivity index (χ1) is 11.2. The van der Waals surface area contributed by atoms with Crippen molar-refractivity contribution >= 4 is 5.82 Å². The average molecular weight is 313 g/mol. The molecule has 0 spiro atoms. The van der Waals surface area contributed by atoms with Crippen LogP contribution < -0.4 is 9.64 Å². The van der Waals surface area contributed by atoms with Gasteiger partial charge in [-0.1, -0.05) is 12.1 Å². The van der Waals surface area contributed by atoms with Gasteiger partial charge in [0, 0.05) is 25.9 Å². The highest BCUT2D eigenvalue weighted by Gasteiger charge is 2.22. The molecule has 5 heteroatoms. The summed E-state index contributed by atoms with van der Waals surface area (Å²) < 4.78 is 6.19. The standard InChI is InChI=1S/C18H23N3O2/c1-13-3-4-14(2)17(9-13)23-16-5-7-21(8-6-16)18-11-19-15(12-22)10-20-18/h3-4,9-11,16,22H,5-8,12H2,1-2H3. The summed E-state index contributed by atoms with van der Waals surface area (Å²) >= 11 is 0. The minimum atomic E-state index is -0.0704. The molecule has 0 saturated carbocycles. The zero-order valence-electron chi connectivity index (χ0n) is 13.7. The molecule has 0 radical (unpaired) electrons. The van der Waals surface area contributed by atoms with E-state index in [1.54, 1.807) is 12.4 Å². The van der Waals surface area contributed by atoms with Crippen molar-refractivity contribution in [1.82, 2.24) is 9.97 Å². The summed E-state index contributed by atoms with van der Waals surface area (Å²) in [5.41, 5.74) is 3.01. The third kappa shape index (κ3) is 3.79. The van der Waals surface area contributed by atoms with Crippen LogP contribution in [0.15, 0.2) is 30.6 Å². The van der Waals surface area contributed by atoms with E-state index in [2.05, 4.69) is 46.9 Å². The Hall–Kier alpha value is -2.14. The highest BCUT2D eigenvalue weighted by molar-refractivity contribution is 5.38. The zero-order valence-corrected chi connectivity index (χ0v) is 13.7. The van der Waals surface area contributed by atoms with Crippen LogP contribution in [-0.4, -0.2) is 34.3 Å². The monoisotopic (exact) mass is 313 g/mol. The van der Waals surface area contributed by atoms with E-state index in [9.17, 15) is 0 Å². The molecular weight excluding hydrogens is 290 g/mol. The van der Waals surface area contributed by atoms with Gasteiger partial charge in [0.25, 0.3) is 0 Å². The molecule has 0 amide bonds. The van der Waals surface area contributed by atoms with Crippen molar-refractivity contribution in [2.45, 2.75) is 39.4 Å². The highest BCUT2D eigenvalue weighted by Crippen LogP contribution is 2.25. The first kappa shape index (κ1) is 15.7. The van der Waals surface area contributed by atoms with Gasteiger partial charge in [-0.3, -0.25) is 4.98 Å². The number of aliphatic hydroxyl groups is 1. The molecule has 0 atom stereocenters. The van der Waals surface area contributed by atoms with Crippen molar-refractivity contribution in [1.29, 1.82) is 0 Å². The van der Waals surface area contributed by atoms with Gasteiger partial charge in [-0.25, -0.2) is 4.98 Å². The lowest BCUT2D eigenvalue weighted by molar-refractivity contribution is 0.169. The molecule has 1 aliphatic heterocycles. The molecule has 1 N–H and O–H groups in total. The molecule has 0 bridgehead atoms. The number of aliphatic hydroxyl groups excluding tert-OH is 1. The van der Waals surface area contributed by atoms with Crippen LogP contribution in [0, 0.1) is 13.8 Å². The Morgan fingerprint density at radius 2 is 1.96 bits per heavy atom. The van der Waals surface area contributed by atoms with Crippen LogP contribution in [0.1, 0.15) is 29.7 Å². The van der Waals surface area contributed by atoms with Crippen LogP contribution in [0.5, 0.6) is 5.75 Å². The predicted octanol–water partition coefficient (Wildman–Crippen LogP) is 2.63. The molecule has 1 aliphatic rings. The summed E-state index contributed by atoms with van der Waals surface area (Å²) in [6.45, 7) is 5.91. The molecule has 0 unspecified atom stereocenters. The first-order valence-electron chi connectivity index (χ1n) is 8.06. The van der Waals surface area contributed by atoms with Gasteiger partial charge >= 0.3 is 0 Å². The van der Waals surface area contributed by atoms with Crippen molar-refractivity contribution in [3.05, 3.63) is 47.4 Å².